The molecule has 2 aliphatic heterocycles. The highest BCUT2D eigenvalue weighted by Gasteiger charge is 2.30. The van der Waals surface area contributed by atoms with Gasteiger partial charge < -0.3 is 19.4 Å². The van der Waals surface area contributed by atoms with Crippen LogP contribution in [0.5, 0.6) is 5.75 Å². The minimum absolute atomic E-state index is 0.0364. The van der Waals surface area contributed by atoms with E-state index in [0.717, 1.165) is 54.7 Å². The summed E-state index contributed by atoms with van der Waals surface area (Å²) in [6.45, 7) is 4.05. The number of nitrogens with one attached hydrogen (secondary N) is 1. The molecule has 1 unspecified atom stereocenters. The number of carbonyl (C=O) groups excluding carboxylic acids is 2. The molecule has 2 aromatic carbocycles. The first-order chi connectivity index (χ1) is 15.6. The molecule has 1 saturated heterocycles. The number of methoxy groups -OCH3 is 1. The van der Waals surface area contributed by atoms with Gasteiger partial charge in [0.2, 0.25) is 0 Å². The third-order valence-electron chi connectivity index (χ3n) is 6.44. The van der Waals surface area contributed by atoms with Crippen molar-refractivity contribution in [3.05, 3.63) is 65.4 Å². The third kappa shape index (κ3) is 3.96. The number of rotatable bonds is 6. The van der Waals surface area contributed by atoms with Crippen LogP contribution >= 0.6 is 0 Å². The average molecular weight is 434 g/mol. The van der Waals surface area contributed by atoms with Crippen molar-refractivity contribution < 1.29 is 19.1 Å². The van der Waals surface area contributed by atoms with Gasteiger partial charge >= 0.3 is 5.97 Å². The number of H-pyrrole nitrogens is 1. The molecule has 0 spiro atoms. The lowest BCUT2D eigenvalue weighted by Crippen LogP contribution is -2.48. The fourth-order valence-electron chi connectivity index (χ4n) is 4.63. The highest BCUT2D eigenvalue weighted by Crippen LogP contribution is 2.33. The lowest BCUT2D eigenvalue weighted by Gasteiger charge is -2.34. The summed E-state index contributed by atoms with van der Waals surface area (Å²) in [5.74, 6) is 0.599. The number of piperazine rings is 1. The van der Waals surface area contributed by atoms with Gasteiger partial charge in [-0.15, -0.1) is 0 Å². The van der Waals surface area contributed by atoms with Gasteiger partial charge in [0.25, 0.3) is 5.91 Å². The predicted molar refractivity (Wildman–Crippen MR) is 121 cm³/mol. The van der Waals surface area contributed by atoms with Gasteiger partial charge in [-0.05, 0) is 49.7 Å². The monoisotopic (exact) mass is 433 g/mol. The summed E-state index contributed by atoms with van der Waals surface area (Å²) in [5.41, 5.74) is 3.24. The number of aromatic amines is 1. The van der Waals surface area contributed by atoms with Gasteiger partial charge in [-0.3, -0.25) is 9.69 Å². The molecule has 3 aromatic rings. The minimum atomic E-state index is -0.215. The topological polar surface area (TPSA) is 74.9 Å². The van der Waals surface area contributed by atoms with Crippen molar-refractivity contribution >= 4 is 22.8 Å². The summed E-state index contributed by atoms with van der Waals surface area (Å²) in [7, 11) is 1.64. The van der Waals surface area contributed by atoms with Crippen LogP contribution in [0.1, 0.15) is 45.4 Å². The molecular formula is C25H27N3O4. The van der Waals surface area contributed by atoms with Crippen molar-refractivity contribution in [3.8, 4) is 5.75 Å². The molecule has 5 rings (SSSR count). The molecule has 7 heteroatoms. The molecule has 1 N–H and O–H groups in total. The summed E-state index contributed by atoms with van der Waals surface area (Å²) in [5, 5.41) is 0.973. The Hall–Kier alpha value is -3.32. The van der Waals surface area contributed by atoms with Gasteiger partial charge in [0.1, 0.15) is 17.5 Å². The van der Waals surface area contributed by atoms with Crippen molar-refractivity contribution in [1.82, 2.24) is 14.8 Å². The Balaban J connectivity index is 1.11. The molecule has 166 valence electrons. The fraction of sp³-hybridized carbons (Fsp3) is 0.360. The normalized spacial score (nSPS) is 18.6. The van der Waals surface area contributed by atoms with E-state index in [9.17, 15) is 9.59 Å². The van der Waals surface area contributed by atoms with Crippen molar-refractivity contribution in [2.45, 2.75) is 18.9 Å². The van der Waals surface area contributed by atoms with Gasteiger partial charge in [-0.1, -0.05) is 18.2 Å². The zero-order valence-electron chi connectivity index (χ0n) is 18.2. The number of cyclic esters (lactones) is 1. The number of esters is 1. The Morgan fingerprint density at radius 2 is 1.94 bits per heavy atom. The van der Waals surface area contributed by atoms with Crippen LogP contribution in [0.25, 0.3) is 10.9 Å². The Morgan fingerprint density at radius 1 is 1.12 bits per heavy atom. The lowest BCUT2D eigenvalue weighted by atomic mass is 10.0. The van der Waals surface area contributed by atoms with E-state index < -0.39 is 0 Å². The van der Waals surface area contributed by atoms with Crippen LogP contribution in [0.3, 0.4) is 0 Å². The van der Waals surface area contributed by atoms with E-state index in [2.05, 4.69) is 9.88 Å². The molecule has 3 heterocycles. The number of amides is 1. The average Bonchev–Trinajstić information content (AvgIpc) is 3.40. The van der Waals surface area contributed by atoms with E-state index in [1.807, 2.05) is 53.4 Å². The molecular weight excluding hydrogens is 406 g/mol. The van der Waals surface area contributed by atoms with Gasteiger partial charge in [-0.25, -0.2) is 4.79 Å². The lowest BCUT2D eigenvalue weighted by molar-refractivity contribution is 0.0353. The van der Waals surface area contributed by atoms with Crippen LogP contribution in [0.15, 0.2) is 48.5 Å². The quantitative estimate of drug-likeness (QED) is 0.601. The number of carbonyl (C=O) groups is 2. The molecule has 0 radical (unpaired) electrons. The van der Waals surface area contributed by atoms with E-state index in [-0.39, 0.29) is 18.0 Å². The second-order valence-electron chi connectivity index (χ2n) is 8.39. The first-order valence-electron chi connectivity index (χ1n) is 11.1. The van der Waals surface area contributed by atoms with Gasteiger partial charge in [-0.2, -0.15) is 0 Å². The van der Waals surface area contributed by atoms with Crippen molar-refractivity contribution in [1.29, 1.82) is 0 Å². The standard InChI is InChI=1S/C25H27N3O4/c1-31-18-8-9-21-17(15-18)16-22(26-21)24(29)28-13-11-27(12-14-28)10-4-7-23-19-5-2-3-6-20(19)25(30)32-23/h2-3,5-6,8-9,15-16,23,26H,4,7,10-14H2,1H3. The number of hydrogen-bond acceptors (Lipinski definition) is 5. The Kier molecular flexibility index (Phi) is 5.57. The summed E-state index contributed by atoms with van der Waals surface area (Å²) in [6.07, 6.45) is 1.63. The first kappa shape index (κ1) is 20.6. The molecule has 1 aromatic heterocycles. The largest absolute Gasteiger partial charge is 0.497 e. The minimum Gasteiger partial charge on any atom is -0.497 e. The maximum Gasteiger partial charge on any atom is 0.339 e. The van der Waals surface area contributed by atoms with E-state index in [1.165, 1.54) is 0 Å². The smallest absolute Gasteiger partial charge is 0.339 e. The number of aromatic nitrogens is 1. The highest BCUT2D eigenvalue weighted by atomic mass is 16.5. The summed E-state index contributed by atoms with van der Waals surface area (Å²) >= 11 is 0. The molecule has 1 atom stereocenters. The summed E-state index contributed by atoms with van der Waals surface area (Å²) in [4.78, 5) is 32.4. The molecule has 0 aliphatic carbocycles. The van der Waals surface area contributed by atoms with Crippen LogP contribution in [-0.4, -0.2) is 66.5 Å². The molecule has 7 nitrogen and oxygen atoms in total. The second kappa shape index (κ2) is 8.67. The molecule has 1 fully saturated rings. The van der Waals surface area contributed by atoms with E-state index in [1.54, 1.807) is 7.11 Å². The predicted octanol–water partition coefficient (Wildman–Crippen LogP) is 3.63. The molecule has 0 saturated carbocycles. The van der Waals surface area contributed by atoms with Crippen molar-refractivity contribution in [2.75, 3.05) is 39.8 Å². The van der Waals surface area contributed by atoms with Crippen LogP contribution in [0.2, 0.25) is 0 Å². The van der Waals surface area contributed by atoms with Crippen molar-refractivity contribution in [3.63, 3.8) is 0 Å². The van der Waals surface area contributed by atoms with Crippen LogP contribution < -0.4 is 4.74 Å². The zero-order chi connectivity index (χ0) is 22.1. The Bertz CT molecular complexity index is 1150. The van der Waals surface area contributed by atoms with Crippen LogP contribution in [0, 0.1) is 0 Å². The Labute approximate surface area is 186 Å². The van der Waals surface area contributed by atoms with Crippen LogP contribution in [0.4, 0.5) is 0 Å². The number of nitrogens with zero attached hydrogens (tertiary/aromatic N) is 2. The molecule has 2 aliphatic rings. The molecule has 32 heavy (non-hydrogen) atoms. The number of hydrogen-bond donors (Lipinski definition) is 1. The number of benzene rings is 2. The van der Waals surface area contributed by atoms with E-state index >= 15 is 0 Å². The van der Waals surface area contributed by atoms with Gasteiger partial charge in [0.05, 0.1) is 12.7 Å². The van der Waals surface area contributed by atoms with Crippen molar-refractivity contribution in [2.24, 2.45) is 0 Å². The van der Waals surface area contributed by atoms with E-state index in [4.69, 9.17) is 9.47 Å². The van der Waals surface area contributed by atoms with E-state index in [0.29, 0.717) is 24.3 Å². The zero-order valence-corrected chi connectivity index (χ0v) is 18.2. The van der Waals surface area contributed by atoms with Gasteiger partial charge in [0.15, 0.2) is 0 Å². The summed E-state index contributed by atoms with van der Waals surface area (Å²) < 4.78 is 10.8. The fourth-order valence-corrected chi connectivity index (χ4v) is 4.63. The first-order valence-corrected chi connectivity index (χ1v) is 11.1. The van der Waals surface area contributed by atoms with Crippen LogP contribution in [-0.2, 0) is 4.74 Å². The highest BCUT2D eigenvalue weighted by molar-refractivity contribution is 5.98. The maximum atomic E-state index is 13.0. The summed E-state index contributed by atoms with van der Waals surface area (Å²) in [6, 6.07) is 15.3. The molecule has 1 amide bonds. The van der Waals surface area contributed by atoms with Gasteiger partial charge in [0, 0.05) is 42.6 Å². The Morgan fingerprint density at radius 3 is 2.75 bits per heavy atom. The molecule has 0 bridgehead atoms. The number of ether oxygens (including phenoxy) is 2. The maximum absolute atomic E-state index is 13.0. The number of fused-ring (bicyclic) bond motifs is 2. The third-order valence-corrected chi connectivity index (χ3v) is 6.44. The second-order valence-corrected chi connectivity index (χ2v) is 8.39. The SMILES string of the molecule is COc1ccc2[nH]c(C(=O)N3CCN(CCCC4OC(=O)c5ccccc54)CC3)cc2c1.